The Morgan fingerprint density at radius 3 is 2.33 bits per heavy atom. The van der Waals surface area contributed by atoms with Crippen LogP contribution < -0.4 is 5.63 Å². The molecule has 4 nitrogen and oxygen atoms in total. The monoisotopic (exact) mass is 246 g/mol. The number of benzene rings is 1. The standard InChI is InChI=1S/C14H14O4/c1-16-14(17-2)11-8-9-18-13(15)12(11)10-6-4-3-5-7-10/h3-9,14H,1-2H3. The SMILES string of the molecule is COC(OC)c1ccoc(=O)c1-c1ccccc1. The third kappa shape index (κ3) is 2.34. The molecule has 1 aromatic carbocycles. The zero-order valence-electron chi connectivity index (χ0n) is 10.3. The lowest BCUT2D eigenvalue weighted by Gasteiger charge is -2.16. The van der Waals surface area contributed by atoms with Gasteiger partial charge in [0, 0.05) is 19.8 Å². The van der Waals surface area contributed by atoms with Crippen LogP contribution in [0.25, 0.3) is 11.1 Å². The third-order valence-electron chi connectivity index (χ3n) is 2.66. The summed E-state index contributed by atoms with van der Waals surface area (Å²) < 4.78 is 15.3. The maximum atomic E-state index is 11.9. The van der Waals surface area contributed by atoms with Crippen molar-refractivity contribution in [3.63, 3.8) is 0 Å². The first-order valence-corrected chi connectivity index (χ1v) is 5.50. The van der Waals surface area contributed by atoms with Gasteiger partial charge < -0.3 is 13.9 Å². The number of rotatable bonds is 4. The van der Waals surface area contributed by atoms with Crippen LogP contribution in [0, 0.1) is 0 Å². The second kappa shape index (κ2) is 5.62. The summed E-state index contributed by atoms with van der Waals surface area (Å²) >= 11 is 0. The molecule has 2 rings (SSSR count). The minimum atomic E-state index is -0.593. The van der Waals surface area contributed by atoms with Gasteiger partial charge >= 0.3 is 5.63 Å². The maximum absolute atomic E-state index is 11.9. The summed E-state index contributed by atoms with van der Waals surface area (Å²) in [6, 6.07) is 11.0. The third-order valence-corrected chi connectivity index (χ3v) is 2.66. The summed E-state index contributed by atoms with van der Waals surface area (Å²) in [5.41, 5.74) is 1.49. The average Bonchev–Trinajstić information content (AvgIpc) is 2.41. The van der Waals surface area contributed by atoms with Crippen LogP contribution in [-0.4, -0.2) is 14.2 Å². The number of hydrogen-bond acceptors (Lipinski definition) is 4. The Balaban J connectivity index is 2.62. The molecule has 0 bridgehead atoms. The zero-order chi connectivity index (χ0) is 13.0. The molecule has 0 saturated carbocycles. The maximum Gasteiger partial charge on any atom is 0.344 e. The van der Waals surface area contributed by atoms with Crippen LogP contribution in [0.15, 0.2) is 51.9 Å². The molecule has 0 atom stereocenters. The van der Waals surface area contributed by atoms with Gasteiger partial charge in [0.05, 0.1) is 11.8 Å². The van der Waals surface area contributed by atoms with Crippen molar-refractivity contribution in [2.24, 2.45) is 0 Å². The van der Waals surface area contributed by atoms with E-state index in [1.165, 1.54) is 20.5 Å². The van der Waals surface area contributed by atoms with Gasteiger partial charge in [-0.25, -0.2) is 4.79 Å². The molecule has 0 N–H and O–H groups in total. The van der Waals surface area contributed by atoms with E-state index >= 15 is 0 Å². The normalized spacial score (nSPS) is 10.8. The van der Waals surface area contributed by atoms with Gasteiger partial charge in [-0.3, -0.25) is 0 Å². The Morgan fingerprint density at radius 1 is 1.06 bits per heavy atom. The Hall–Kier alpha value is -1.91. The van der Waals surface area contributed by atoms with E-state index in [2.05, 4.69) is 0 Å². The molecule has 0 fully saturated rings. The fourth-order valence-corrected chi connectivity index (χ4v) is 1.87. The number of methoxy groups -OCH3 is 2. The van der Waals surface area contributed by atoms with Crippen LogP contribution in [0.1, 0.15) is 11.9 Å². The van der Waals surface area contributed by atoms with Crippen molar-refractivity contribution >= 4 is 0 Å². The van der Waals surface area contributed by atoms with Crippen molar-refractivity contribution in [2.75, 3.05) is 14.2 Å². The Morgan fingerprint density at radius 2 is 1.72 bits per heavy atom. The molecule has 0 saturated heterocycles. The van der Waals surface area contributed by atoms with Crippen LogP contribution in [-0.2, 0) is 9.47 Å². The Kier molecular flexibility index (Phi) is 3.92. The van der Waals surface area contributed by atoms with E-state index in [-0.39, 0.29) is 0 Å². The first kappa shape index (κ1) is 12.5. The van der Waals surface area contributed by atoms with Gasteiger partial charge in [-0.05, 0) is 11.6 Å². The minimum Gasteiger partial charge on any atom is -0.431 e. The smallest absolute Gasteiger partial charge is 0.344 e. The highest BCUT2D eigenvalue weighted by Crippen LogP contribution is 2.27. The van der Waals surface area contributed by atoms with E-state index in [0.717, 1.165) is 5.56 Å². The molecule has 2 aromatic rings. The summed E-state index contributed by atoms with van der Waals surface area (Å²) in [5, 5.41) is 0. The Bertz CT molecular complexity index is 556. The van der Waals surface area contributed by atoms with E-state index in [0.29, 0.717) is 11.1 Å². The molecule has 94 valence electrons. The fraction of sp³-hybridized carbons (Fsp3) is 0.214. The van der Waals surface area contributed by atoms with Gasteiger partial charge in [-0.1, -0.05) is 30.3 Å². The molecular formula is C14H14O4. The predicted molar refractivity (Wildman–Crippen MR) is 67.2 cm³/mol. The molecule has 0 aliphatic carbocycles. The highest BCUT2D eigenvalue weighted by molar-refractivity contribution is 5.65. The van der Waals surface area contributed by atoms with Crippen LogP contribution in [0.3, 0.4) is 0 Å². The summed E-state index contributed by atoms with van der Waals surface area (Å²) in [4.78, 5) is 11.9. The van der Waals surface area contributed by atoms with Gasteiger partial charge in [0.2, 0.25) is 0 Å². The van der Waals surface area contributed by atoms with Gasteiger partial charge in [0.15, 0.2) is 6.29 Å². The van der Waals surface area contributed by atoms with Crippen LogP contribution in [0.4, 0.5) is 0 Å². The van der Waals surface area contributed by atoms with E-state index in [1.807, 2.05) is 30.3 Å². The Labute approximate surface area is 105 Å². The van der Waals surface area contributed by atoms with Crippen molar-refractivity contribution in [2.45, 2.75) is 6.29 Å². The lowest BCUT2D eigenvalue weighted by molar-refractivity contribution is -0.105. The summed E-state index contributed by atoms with van der Waals surface area (Å²) in [5.74, 6) is 0. The van der Waals surface area contributed by atoms with Crippen molar-refractivity contribution in [1.29, 1.82) is 0 Å². The van der Waals surface area contributed by atoms with Crippen LogP contribution in [0.2, 0.25) is 0 Å². The van der Waals surface area contributed by atoms with Crippen molar-refractivity contribution in [1.82, 2.24) is 0 Å². The molecule has 0 radical (unpaired) electrons. The molecule has 4 heteroatoms. The number of ether oxygens (including phenoxy) is 2. The van der Waals surface area contributed by atoms with Crippen molar-refractivity contribution in [3.8, 4) is 11.1 Å². The molecule has 1 heterocycles. The molecule has 0 spiro atoms. The van der Waals surface area contributed by atoms with Gasteiger partial charge in [0.25, 0.3) is 0 Å². The van der Waals surface area contributed by atoms with E-state index in [1.54, 1.807) is 6.07 Å². The van der Waals surface area contributed by atoms with Crippen molar-refractivity contribution < 1.29 is 13.9 Å². The average molecular weight is 246 g/mol. The molecule has 0 unspecified atom stereocenters. The number of hydrogen-bond donors (Lipinski definition) is 0. The highest BCUT2D eigenvalue weighted by Gasteiger charge is 2.18. The second-order valence-electron chi connectivity index (χ2n) is 3.71. The van der Waals surface area contributed by atoms with Gasteiger partial charge in [-0.15, -0.1) is 0 Å². The first-order valence-electron chi connectivity index (χ1n) is 5.50. The van der Waals surface area contributed by atoms with Crippen molar-refractivity contribution in [3.05, 3.63) is 58.6 Å². The van der Waals surface area contributed by atoms with Crippen LogP contribution in [0.5, 0.6) is 0 Å². The molecular weight excluding hydrogens is 232 g/mol. The lowest BCUT2D eigenvalue weighted by Crippen LogP contribution is -2.12. The predicted octanol–water partition coefficient (Wildman–Crippen LogP) is 2.60. The van der Waals surface area contributed by atoms with E-state index in [4.69, 9.17) is 13.9 Å². The molecule has 0 aliphatic heterocycles. The molecule has 18 heavy (non-hydrogen) atoms. The minimum absolute atomic E-state index is 0.405. The van der Waals surface area contributed by atoms with E-state index in [9.17, 15) is 4.79 Å². The largest absolute Gasteiger partial charge is 0.431 e. The van der Waals surface area contributed by atoms with Gasteiger partial charge in [0.1, 0.15) is 0 Å². The summed E-state index contributed by atoms with van der Waals surface area (Å²) in [6.45, 7) is 0. The quantitative estimate of drug-likeness (QED) is 0.778. The van der Waals surface area contributed by atoms with Gasteiger partial charge in [-0.2, -0.15) is 0 Å². The topological polar surface area (TPSA) is 48.7 Å². The molecule has 1 aromatic heterocycles. The fourth-order valence-electron chi connectivity index (χ4n) is 1.87. The highest BCUT2D eigenvalue weighted by atomic mass is 16.7. The van der Waals surface area contributed by atoms with E-state index < -0.39 is 11.9 Å². The van der Waals surface area contributed by atoms with Crippen LogP contribution >= 0.6 is 0 Å². The summed E-state index contributed by atoms with van der Waals surface area (Å²) in [6.07, 6.45) is 0.749. The lowest BCUT2D eigenvalue weighted by atomic mass is 10.0. The molecule has 0 amide bonds. The first-order chi connectivity index (χ1) is 8.77. The summed E-state index contributed by atoms with van der Waals surface area (Å²) in [7, 11) is 3.05. The molecule has 0 aliphatic rings. The second-order valence-corrected chi connectivity index (χ2v) is 3.71. The zero-order valence-corrected chi connectivity index (χ0v) is 10.3.